The summed E-state index contributed by atoms with van der Waals surface area (Å²) in [4.78, 5) is 11.2. The molecule has 0 radical (unpaired) electrons. The monoisotopic (exact) mass is 227 g/mol. The molecule has 2 aromatic rings. The fourth-order valence-corrected chi connectivity index (χ4v) is 1.60. The number of amides is 1. The lowest BCUT2D eigenvalue weighted by atomic mass is 10.0. The molecule has 1 amide bonds. The standard InChI is InChI=1S/C13H13N3O/c1-8-3-5-10(7-11(8)13(14)17)12-6-4-9(2)15-16-12/h3-7H,1-2H3,(H2,14,17). The van der Waals surface area contributed by atoms with Crippen LogP contribution in [-0.2, 0) is 0 Å². The van der Waals surface area contributed by atoms with Gasteiger partial charge >= 0.3 is 0 Å². The molecule has 1 aromatic carbocycles. The van der Waals surface area contributed by atoms with Crippen molar-refractivity contribution in [3.8, 4) is 11.3 Å². The summed E-state index contributed by atoms with van der Waals surface area (Å²) in [6.45, 7) is 3.73. The van der Waals surface area contributed by atoms with Crippen LogP contribution in [0, 0.1) is 13.8 Å². The van der Waals surface area contributed by atoms with Crippen LogP contribution in [0.3, 0.4) is 0 Å². The first-order valence-corrected chi connectivity index (χ1v) is 5.29. The Hall–Kier alpha value is -2.23. The van der Waals surface area contributed by atoms with Crippen molar-refractivity contribution in [2.24, 2.45) is 5.73 Å². The maximum atomic E-state index is 11.2. The number of benzene rings is 1. The van der Waals surface area contributed by atoms with Gasteiger partial charge in [-0.3, -0.25) is 4.79 Å². The van der Waals surface area contributed by atoms with Gasteiger partial charge in [0.1, 0.15) is 0 Å². The number of nitrogens with two attached hydrogens (primary N) is 1. The number of nitrogens with zero attached hydrogens (tertiary/aromatic N) is 2. The van der Waals surface area contributed by atoms with Crippen molar-refractivity contribution in [3.63, 3.8) is 0 Å². The van der Waals surface area contributed by atoms with Gasteiger partial charge in [-0.15, -0.1) is 0 Å². The Kier molecular flexibility index (Phi) is 2.87. The first-order chi connectivity index (χ1) is 8.08. The van der Waals surface area contributed by atoms with Crippen molar-refractivity contribution >= 4 is 5.91 Å². The van der Waals surface area contributed by atoms with Gasteiger partial charge in [0.2, 0.25) is 5.91 Å². The number of carbonyl (C=O) groups is 1. The van der Waals surface area contributed by atoms with Crippen LogP contribution >= 0.6 is 0 Å². The number of carbonyl (C=O) groups excluding carboxylic acids is 1. The highest BCUT2D eigenvalue weighted by atomic mass is 16.1. The highest BCUT2D eigenvalue weighted by Crippen LogP contribution is 2.19. The Bertz CT molecular complexity index is 561. The van der Waals surface area contributed by atoms with Crippen LogP contribution in [0.4, 0.5) is 0 Å². The first kappa shape index (κ1) is 11.3. The Morgan fingerprint density at radius 1 is 1.12 bits per heavy atom. The van der Waals surface area contributed by atoms with Gasteiger partial charge in [0, 0.05) is 11.1 Å². The quantitative estimate of drug-likeness (QED) is 0.851. The topological polar surface area (TPSA) is 68.9 Å². The van der Waals surface area contributed by atoms with Gasteiger partial charge in [0.05, 0.1) is 11.4 Å². The summed E-state index contributed by atoms with van der Waals surface area (Å²) in [5, 5.41) is 8.06. The van der Waals surface area contributed by atoms with Crippen molar-refractivity contribution in [2.45, 2.75) is 13.8 Å². The molecule has 0 saturated carbocycles. The molecule has 0 aliphatic heterocycles. The molecule has 2 N–H and O–H groups in total. The molecule has 0 aliphatic rings. The van der Waals surface area contributed by atoms with E-state index in [2.05, 4.69) is 10.2 Å². The van der Waals surface area contributed by atoms with Crippen molar-refractivity contribution in [1.29, 1.82) is 0 Å². The lowest BCUT2D eigenvalue weighted by molar-refractivity contribution is 0.1000. The molecule has 0 bridgehead atoms. The lowest BCUT2D eigenvalue weighted by Crippen LogP contribution is -2.12. The lowest BCUT2D eigenvalue weighted by Gasteiger charge is -2.05. The molecule has 4 heteroatoms. The molecule has 17 heavy (non-hydrogen) atoms. The van der Waals surface area contributed by atoms with E-state index in [1.807, 2.05) is 38.1 Å². The van der Waals surface area contributed by atoms with E-state index in [-0.39, 0.29) is 0 Å². The third-order valence-corrected chi connectivity index (χ3v) is 2.60. The smallest absolute Gasteiger partial charge is 0.248 e. The Morgan fingerprint density at radius 3 is 2.47 bits per heavy atom. The van der Waals surface area contributed by atoms with Crippen LogP contribution in [0.5, 0.6) is 0 Å². The van der Waals surface area contributed by atoms with Crippen LogP contribution in [0.2, 0.25) is 0 Å². The molecular weight excluding hydrogens is 214 g/mol. The van der Waals surface area contributed by atoms with Gasteiger partial charge in [-0.05, 0) is 37.6 Å². The minimum atomic E-state index is -0.426. The molecule has 1 heterocycles. The summed E-state index contributed by atoms with van der Waals surface area (Å²) < 4.78 is 0. The van der Waals surface area contributed by atoms with Crippen molar-refractivity contribution in [3.05, 3.63) is 47.2 Å². The minimum absolute atomic E-state index is 0.426. The zero-order chi connectivity index (χ0) is 12.4. The zero-order valence-corrected chi connectivity index (χ0v) is 9.77. The summed E-state index contributed by atoms with van der Waals surface area (Å²) in [6, 6.07) is 9.26. The SMILES string of the molecule is Cc1ccc(-c2ccc(C)c(C(N)=O)c2)nn1. The largest absolute Gasteiger partial charge is 0.366 e. The summed E-state index contributed by atoms with van der Waals surface area (Å²) in [7, 11) is 0. The van der Waals surface area contributed by atoms with Gasteiger partial charge in [-0.2, -0.15) is 10.2 Å². The normalized spacial score (nSPS) is 10.2. The van der Waals surface area contributed by atoms with Gasteiger partial charge in [-0.25, -0.2) is 0 Å². The van der Waals surface area contributed by atoms with E-state index in [0.717, 1.165) is 22.5 Å². The second-order valence-electron chi connectivity index (χ2n) is 3.95. The fraction of sp³-hybridized carbons (Fsp3) is 0.154. The molecule has 1 aromatic heterocycles. The number of primary amides is 1. The summed E-state index contributed by atoms with van der Waals surface area (Å²) in [5.74, 6) is -0.426. The number of rotatable bonds is 2. The number of hydrogen-bond donors (Lipinski definition) is 1. The van der Waals surface area contributed by atoms with Gasteiger partial charge in [-0.1, -0.05) is 12.1 Å². The molecule has 0 spiro atoms. The summed E-state index contributed by atoms with van der Waals surface area (Å²) >= 11 is 0. The first-order valence-electron chi connectivity index (χ1n) is 5.29. The molecule has 0 atom stereocenters. The van der Waals surface area contributed by atoms with E-state index >= 15 is 0 Å². The second-order valence-corrected chi connectivity index (χ2v) is 3.95. The molecule has 0 fully saturated rings. The van der Waals surface area contributed by atoms with Crippen molar-refractivity contribution in [1.82, 2.24) is 10.2 Å². The molecule has 0 unspecified atom stereocenters. The van der Waals surface area contributed by atoms with Crippen LogP contribution in [-0.4, -0.2) is 16.1 Å². The second kappa shape index (κ2) is 4.33. The predicted octanol–water partition coefficient (Wildman–Crippen LogP) is 1.86. The average molecular weight is 227 g/mol. The van der Waals surface area contributed by atoms with Crippen LogP contribution in [0.25, 0.3) is 11.3 Å². The molecule has 2 rings (SSSR count). The molecule has 4 nitrogen and oxygen atoms in total. The Balaban J connectivity index is 2.50. The maximum absolute atomic E-state index is 11.2. The Morgan fingerprint density at radius 2 is 1.88 bits per heavy atom. The predicted molar refractivity (Wildman–Crippen MR) is 65.5 cm³/mol. The van der Waals surface area contributed by atoms with Crippen molar-refractivity contribution < 1.29 is 4.79 Å². The van der Waals surface area contributed by atoms with Crippen LogP contribution in [0.15, 0.2) is 30.3 Å². The molecular formula is C13H13N3O. The van der Waals surface area contributed by atoms with Crippen LogP contribution in [0.1, 0.15) is 21.6 Å². The fourth-order valence-electron chi connectivity index (χ4n) is 1.60. The number of aromatic nitrogens is 2. The highest BCUT2D eigenvalue weighted by molar-refractivity contribution is 5.95. The number of aryl methyl sites for hydroxylation is 2. The number of hydrogen-bond acceptors (Lipinski definition) is 3. The maximum Gasteiger partial charge on any atom is 0.248 e. The highest BCUT2D eigenvalue weighted by Gasteiger charge is 2.08. The van der Waals surface area contributed by atoms with E-state index in [1.165, 1.54) is 0 Å². The van der Waals surface area contributed by atoms with Gasteiger partial charge in [0.25, 0.3) is 0 Å². The minimum Gasteiger partial charge on any atom is -0.366 e. The van der Waals surface area contributed by atoms with E-state index in [9.17, 15) is 4.79 Å². The molecule has 86 valence electrons. The van der Waals surface area contributed by atoms with E-state index < -0.39 is 5.91 Å². The zero-order valence-electron chi connectivity index (χ0n) is 9.77. The van der Waals surface area contributed by atoms with Crippen molar-refractivity contribution in [2.75, 3.05) is 0 Å². The van der Waals surface area contributed by atoms with E-state index in [1.54, 1.807) is 6.07 Å². The average Bonchev–Trinajstić information content (AvgIpc) is 2.30. The van der Waals surface area contributed by atoms with Crippen LogP contribution < -0.4 is 5.73 Å². The Labute approximate surface area is 99.5 Å². The van der Waals surface area contributed by atoms with Gasteiger partial charge < -0.3 is 5.73 Å². The summed E-state index contributed by atoms with van der Waals surface area (Å²) in [5.41, 5.74) is 9.13. The molecule has 0 saturated heterocycles. The van der Waals surface area contributed by atoms with E-state index in [0.29, 0.717) is 5.56 Å². The van der Waals surface area contributed by atoms with Gasteiger partial charge in [0.15, 0.2) is 0 Å². The third kappa shape index (κ3) is 2.30. The van der Waals surface area contributed by atoms with E-state index in [4.69, 9.17) is 5.73 Å². The third-order valence-electron chi connectivity index (χ3n) is 2.60. The summed E-state index contributed by atoms with van der Waals surface area (Å²) in [6.07, 6.45) is 0. The molecule has 0 aliphatic carbocycles.